The molecule has 4 aliphatic heterocycles. The van der Waals surface area contributed by atoms with E-state index >= 15 is 0 Å². The molecular formula is C45H49N9O5. The summed E-state index contributed by atoms with van der Waals surface area (Å²) in [7, 11) is 0. The summed E-state index contributed by atoms with van der Waals surface area (Å²) in [6.45, 7) is 7.21. The molecule has 304 valence electrons. The number of hydrogen-bond donors (Lipinski definition) is 3. The molecule has 1 unspecified atom stereocenters. The largest absolute Gasteiger partial charge is 0.457 e. The highest BCUT2D eigenvalue weighted by molar-refractivity contribution is 6.23. The second kappa shape index (κ2) is 16.6. The van der Waals surface area contributed by atoms with Gasteiger partial charge in [-0.1, -0.05) is 37.5 Å². The number of nitrogens with one attached hydrogen (secondary N) is 2. The van der Waals surface area contributed by atoms with Gasteiger partial charge in [0, 0.05) is 87.7 Å². The highest BCUT2D eigenvalue weighted by Crippen LogP contribution is 2.38. The van der Waals surface area contributed by atoms with Crippen LogP contribution in [0.3, 0.4) is 0 Å². The van der Waals surface area contributed by atoms with Crippen LogP contribution in [0, 0.1) is 5.92 Å². The minimum Gasteiger partial charge on any atom is -0.457 e. The highest BCUT2D eigenvalue weighted by atomic mass is 16.5. The van der Waals surface area contributed by atoms with E-state index in [0.29, 0.717) is 28.8 Å². The van der Waals surface area contributed by atoms with Gasteiger partial charge in [-0.15, -0.1) is 0 Å². The minimum atomic E-state index is -0.925. The number of nitrogens with zero attached hydrogens (tertiary/aromatic N) is 6. The number of carbonyl (C=O) groups is 4. The van der Waals surface area contributed by atoms with Crippen LogP contribution in [0.2, 0.25) is 0 Å². The van der Waals surface area contributed by atoms with E-state index in [-0.39, 0.29) is 18.7 Å². The standard InChI is InChI=1S/C24H24N4O.C21H25N5O4/c25-23-22-21(17-11-13-20(14-12-17)29-19-9-5-2-6-10-19)27-24(28(22)16-15-26-23)18-7-3-1-4-8-18;27-18-4-3-17(19(28)23-18)26-20(29)15-2-1-14(9-16(15)21(26)30)25-11-13(12-25)10-24-7-5-22-6-8-24/h2,5-6,9-16,18H,1,3-4,7-8H2,(H2,25,26);1-2,9,13,17,22H,3-8,10-12H2,(H,23,27,28). The number of nitrogens with two attached hydrogens (primary N) is 1. The lowest BCUT2D eigenvalue weighted by molar-refractivity contribution is -0.136. The fourth-order valence-electron chi connectivity index (χ4n) is 9.05. The molecule has 14 nitrogen and oxygen atoms in total. The number of benzene rings is 3. The van der Waals surface area contributed by atoms with Crippen LogP contribution in [0.15, 0.2) is 85.2 Å². The van der Waals surface area contributed by atoms with Crippen molar-refractivity contribution in [3.8, 4) is 22.8 Å². The van der Waals surface area contributed by atoms with Crippen LogP contribution in [0.5, 0.6) is 11.5 Å². The first-order valence-electron chi connectivity index (χ1n) is 20.8. The Balaban J connectivity index is 0.000000152. The van der Waals surface area contributed by atoms with E-state index in [1.807, 2.05) is 66.9 Å². The van der Waals surface area contributed by atoms with E-state index in [1.54, 1.807) is 18.3 Å². The topological polar surface area (TPSA) is 167 Å². The third kappa shape index (κ3) is 7.89. The number of piperazine rings is 1. The Morgan fingerprint density at radius 2 is 1.54 bits per heavy atom. The van der Waals surface area contributed by atoms with E-state index in [9.17, 15) is 19.2 Å². The summed E-state index contributed by atoms with van der Waals surface area (Å²) < 4.78 is 8.06. The van der Waals surface area contributed by atoms with Gasteiger partial charge in [0.15, 0.2) is 0 Å². The molecule has 1 aliphatic carbocycles. The Hall–Kier alpha value is -6.12. The van der Waals surface area contributed by atoms with Gasteiger partial charge >= 0.3 is 0 Å². The average Bonchev–Trinajstić information content (AvgIpc) is 3.76. The zero-order valence-corrected chi connectivity index (χ0v) is 33.0. The molecule has 59 heavy (non-hydrogen) atoms. The zero-order valence-electron chi connectivity index (χ0n) is 33.0. The van der Waals surface area contributed by atoms with Crippen LogP contribution in [-0.2, 0) is 9.59 Å². The monoisotopic (exact) mass is 795 g/mol. The van der Waals surface area contributed by atoms with Crippen molar-refractivity contribution in [1.29, 1.82) is 0 Å². The van der Waals surface area contributed by atoms with E-state index in [4.69, 9.17) is 15.5 Å². The number of para-hydroxylation sites is 1. The second-order valence-corrected chi connectivity index (χ2v) is 16.1. The number of fused-ring (bicyclic) bond motifs is 2. The molecule has 14 heteroatoms. The maximum Gasteiger partial charge on any atom is 0.262 e. The normalized spacial score (nSPS) is 20.2. The van der Waals surface area contributed by atoms with E-state index in [1.165, 1.54) is 32.1 Å². The number of amides is 4. The van der Waals surface area contributed by atoms with Gasteiger partial charge < -0.3 is 25.6 Å². The summed E-state index contributed by atoms with van der Waals surface area (Å²) in [6.07, 6.45) is 10.3. The van der Waals surface area contributed by atoms with Crippen molar-refractivity contribution in [3.05, 3.63) is 102 Å². The molecule has 0 radical (unpaired) electrons. The van der Waals surface area contributed by atoms with Gasteiger partial charge in [-0.25, -0.2) is 9.97 Å². The van der Waals surface area contributed by atoms with Crippen molar-refractivity contribution in [2.75, 3.05) is 56.4 Å². The number of ether oxygens (including phenoxy) is 1. The molecule has 1 atom stereocenters. The third-order valence-electron chi connectivity index (χ3n) is 12.2. The van der Waals surface area contributed by atoms with Gasteiger partial charge in [0.25, 0.3) is 11.8 Å². The fraction of sp³-hybridized carbons (Fsp3) is 0.378. The summed E-state index contributed by atoms with van der Waals surface area (Å²) in [5.74, 6) is 2.45. The third-order valence-corrected chi connectivity index (χ3v) is 12.2. The van der Waals surface area contributed by atoms with Crippen LogP contribution >= 0.6 is 0 Å². The molecule has 0 spiro atoms. The van der Waals surface area contributed by atoms with Crippen molar-refractivity contribution >= 4 is 40.7 Å². The molecule has 0 bridgehead atoms. The van der Waals surface area contributed by atoms with Gasteiger partial charge in [-0.05, 0) is 73.9 Å². The number of imide groups is 2. The van der Waals surface area contributed by atoms with Crippen molar-refractivity contribution in [3.63, 3.8) is 0 Å². The summed E-state index contributed by atoms with van der Waals surface area (Å²) in [5.41, 5.74) is 10.7. The molecule has 3 saturated heterocycles. The maximum atomic E-state index is 13.0. The smallest absolute Gasteiger partial charge is 0.262 e. The molecule has 4 fully saturated rings. The fourth-order valence-corrected chi connectivity index (χ4v) is 9.05. The molecule has 10 rings (SSSR count). The summed E-state index contributed by atoms with van der Waals surface area (Å²) >= 11 is 0. The molecule has 4 amide bonds. The maximum absolute atomic E-state index is 13.0. The van der Waals surface area contributed by atoms with Gasteiger partial charge in [-0.3, -0.25) is 33.8 Å². The lowest BCUT2D eigenvalue weighted by Gasteiger charge is -2.44. The number of hydrogen-bond acceptors (Lipinski definition) is 11. The number of aromatic nitrogens is 3. The Bertz CT molecular complexity index is 2360. The Morgan fingerprint density at radius 1 is 0.814 bits per heavy atom. The summed E-state index contributed by atoms with van der Waals surface area (Å²) in [4.78, 5) is 64.4. The lowest BCUT2D eigenvalue weighted by Crippen LogP contribution is -2.54. The molecule has 3 aromatic carbocycles. The first-order valence-corrected chi connectivity index (χ1v) is 20.8. The number of rotatable bonds is 8. The molecule has 6 heterocycles. The van der Waals surface area contributed by atoms with Gasteiger partial charge in [0.2, 0.25) is 11.8 Å². The van der Waals surface area contributed by atoms with Crippen LogP contribution in [0.25, 0.3) is 16.8 Å². The Kier molecular flexibility index (Phi) is 10.8. The molecular weight excluding hydrogens is 747 g/mol. The van der Waals surface area contributed by atoms with Crippen LogP contribution in [0.1, 0.15) is 77.4 Å². The molecule has 5 aromatic rings. The van der Waals surface area contributed by atoms with E-state index in [2.05, 4.69) is 29.8 Å². The first kappa shape index (κ1) is 38.4. The number of piperidine rings is 1. The van der Waals surface area contributed by atoms with Crippen molar-refractivity contribution in [1.82, 2.24) is 34.8 Å². The predicted octanol–water partition coefficient (Wildman–Crippen LogP) is 5.25. The summed E-state index contributed by atoms with van der Waals surface area (Å²) in [6, 6.07) is 22.2. The summed E-state index contributed by atoms with van der Waals surface area (Å²) in [5, 5.41) is 5.59. The first-order chi connectivity index (χ1) is 28.8. The second-order valence-electron chi connectivity index (χ2n) is 16.1. The van der Waals surface area contributed by atoms with Gasteiger partial charge in [-0.2, -0.15) is 0 Å². The van der Waals surface area contributed by atoms with Gasteiger partial charge in [0.05, 0.1) is 11.1 Å². The number of imidazole rings is 1. The van der Waals surface area contributed by atoms with Crippen LogP contribution in [0.4, 0.5) is 11.5 Å². The molecule has 1 saturated carbocycles. The van der Waals surface area contributed by atoms with Crippen LogP contribution < -0.4 is 26.0 Å². The number of carbonyl (C=O) groups excluding carboxylic acids is 4. The van der Waals surface area contributed by atoms with Crippen molar-refractivity contribution < 1.29 is 23.9 Å². The quantitative estimate of drug-likeness (QED) is 0.176. The van der Waals surface area contributed by atoms with Crippen molar-refractivity contribution in [2.24, 2.45) is 5.92 Å². The number of anilines is 2. The predicted molar refractivity (Wildman–Crippen MR) is 223 cm³/mol. The lowest BCUT2D eigenvalue weighted by atomic mass is 9.89. The van der Waals surface area contributed by atoms with E-state index in [0.717, 1.165) is 90.5 Å². The highest BCUT2D eigenvalue weighted by Gasteiger charge is 2.45. The van der Waals surface area contributed by atoms with Gasteiger partial charge in [0.1, 0.15) is 40.4 Å². The minimum absolute atomic E-state index is 0.122. The Labute approximate surface area is 342 Å². The molecule has 4 N–H and O–H groups in total. The Morgan fingerprint density at radius 3 is 2.29 bits per heavy atom. The van der Waals surface area contributed by atoms with Crippen LogP contribution in [-0.4, -0.2) is 99.7 Å². The van der Waals surface area contributed by atoms with E-state index < -0.39 is 23.8 Å². The number of nitrogen functional groups attached to an aromatic ring is 1. The average molecular weight is 796 g/mol. The SMILES string of the molecule is Nc1nccn2c(C3CCCCC3)nc(-c3ccc(Oc4ccccc4)cc3)c12.O=C1CCC(N2C(=O)c3ccc(N4CC(CN5CCNCC5)C4)cc3C2=O)C(=O)N1. The van der Waals surface area contributed by atoms with Crippen molar-refractivity contribution in [2.45, 2.75) is 56.9 Å². The molecule has 2 aromatic heterocycles. The zero-order chi connectivity index (χ0) is 40.5. The molecule has 5 aliphatic rings.